The summed E-state index contributed by atoms with van der Waals surface area (Å²) >= 11 is 1.80. The first-order valence-electron chi connectivity index (χ1n) is 9.16. The molecular formula is C18H30N4O2S. The minimum absolute atomic E-state index is 0.112. The van der Waals surface area contributed by atoms with Crippen LogP contribution in [0.4, 0.5) is 4.79 Å². The number of hydrogen-bond donors (Lipinski definition) is 2. The van der Waals surface area contributed by atoms with E-state index in [1.54, 1.807) is 16.2 Å². The molecule has 140 valence electrons. The molecule has 0 aliphatic carbocycles. The first-order valence-corrected chi connectivity index (χ1v) is 10.0. The molecule has 0 spiro atoms. The number of carbonyl (C=O) groups is 2. The van der Waals surface area contributed by atoms with Crippen LogP contribution in [0.3, 0.4) is 0 Å². The second kappa shape index (κ2) is 10.4. The van der Waals surface area contributed by atoms with Crippen molar-refractivity contribution in [2.45, 2.75) is 33.2 Å². The Kier molecular flexibility index (Phi) is 8.21. The van der Waals surface area contributed by atoms with Crippen molar-refractivity contribution in [2.24, 2.45) is 5.92 Å². The molecule has 1 aromatic rings. The van der Waals surface area contributed by atoms with Crippen molar-refractivity contribution in [3.05, 3.63) is 22.4 Å². The first kappa shape index (κ1) is 19.7. The van der Waals surface area contributed by atoms with E-state index in [0.29, 0.717) is 25.6 Å². The summed E-state index contributed by atoms with van der Waals surface area (Å²) in [4.78, 5) is 29.4. The zero-order valence-corrected chi connectivity index (χ0v) is 16.1. The monoisotopic (exact) mass is 366 g/mol. The highest BCUT2D eigenvalue weighted by atomic mass is 32.1. The van der Waals surface area contributed by atoms with Gasteiger partial charge in [-0.1, -0.05) is 6.07 Å². The summed E-state index contributed by atoms with van der Waals surface area (Å²) in [5, 5.41) is 7.86. The first-order chi connectivity index (χ1) is 12.1. The van der Waals surface area contributed by atoms with E-state index in [1.807, 2.05) is 13.8 Å². The fourth-order valence-electron chi connectivity index (χ4n) is 3.18. The van der Waals surface area contributed by atoms with Gasteiger partial charge in [0.05, 0.1) is 0 Å². The summed E-state index contributed by atoms with van der Waals surface area (Å²) in [5.41, 5.74) is 0. The predicted octanol–water partition coefficient (Wildman–Crippen LogP) is 2.13. The Bertz CT molecular complexity index is 535. The van der Waals surface area contributed by atoms with E-state index in [2.05, 4.69) is 33.0 Å². The van der Waals surface area contributed by atoms with Crippen LogP contribution >= 0.6 is 11.3 Å². The molecule has 7 heteroatoms. The second-order valence-electron chi connectivity index (χ2n) is 6.48. The smallest absolute Gasteiger partial charge is 0.317 e. The zero-order valence-electron chi connectivity index (χ0n) is 15.3. The quantitative estimate of drug-likeness (QED) is 0.741. The van der Waals surface area contributed by atoms with Gasteiger partial charge in [-0.05, 0) is 50.6 Å². The minimum atomic E-state index is -0.149. The minimum Gasteiger partial charge on any atom is -0.355 e. The van der Waals surface area contributed by atoms with Gasteiger partial charge in [0.15, 0.2) is 0 Å². The largest absolute Gasteiger partial charge is 0.355 e. The molecule has 0 bridgehead atoms. The van der Waals surface area contributed by atoms with Gasteiger partial charge in [-0.15, -0.1) is 11.3 Å². The molecule has 2 N–H and O–H groups in total. The second-order valence-corrected chi connectivity index (χ2v) is 7.51. The van der Waals surface area contributed by atoms with Crippen molar-refractivity contribution in [2.75, 3.05) is 39.3 Å². The number of thiophene rings is 1. The number of likely N-dealkylation sites (N-methyl/N-ethyl adjacent to an activating group) is 2. The number of amides is 3. The number of piperidine rings is 1. The SMILES string of the molecule is CCNC(=O)CN(CC)C(=O)NC[C@@H]1CCCN(Cc2cccs2)C1. The van der Waals surface area contributed by atoms with E-state index in [9.17, 15) is 9.59 Å². The van der Waals surface area contributed by atoms with Crippen LogP contribution in [0.2, 0.25) is 0 Å². The molecule has 25 heavy (non-hydrogen) atoms. The van der Waals surface area contributed by atoms with Gasteiger partial charge in [0, 0.05) is 37.6 Å². The fourth-order valence-corrected chi connectivity index (χ4v) is 3.93. The molecule has 0 aromatic carbocycles. The molecule has 1 aliphatic heterocycles. The van der Waals surface area contributed by atoms with E-state index in [0.717, 1.165) is 26.1 Å². The molecule has 1 fully saturated rings. The molecule has 2 heterocycles. The fraction of sp³-hybridized carbons (Fsp3) is 0.667. The molecular weight excluding hydrogens is 336 g/mol. The Morgan fingerprint density at radius 1 is 1.36 bits per heavy atom. The molecule has 6 nitrogen and oxygen atoms in total. The Morgan fingerprint density at radius 3 is 2.88 bits per heavy atom. The number of hydrogen-bond acceptors (Lipinski definition) is 4. The Balaban J connectivity index is 1.75. The van der Waals surface area contributed by atoms with Gasteiger partial charge >= 0.3 is 6.03 Å². The van der Waals surface area contributed by atoms with E-state index in [1.165, 1.54) is 11.3 Å². The summed E-state index contributed by atoms with van der Waals surface area (Å²) in [6.45, 7) is 8.80. The molecule has 2 rings (SSSR count). The van der Waals surface area contributed by atoms with E-state index in [4.69, 9.17) is 0 Å². The number of carbonyl (C=O) groups excluding carboxylic acids is 2. The van der Waals surface area contributed by atoms with Crippen molar-refractivity contribution in [3.63, 3.8) is 0 Å². The third-order valence-corrected chi connectivity index (χ3v) is 5.34. The molecule has 3 amide bonds. The maximum Gasteiger partial charge on any atom is 0.317 e. The van der Waals surface area contributed by atoms with Crippen molar-refractivity contribution in [1.82, 2.24) is 20.4 Å². The van der Waals surface area contributed by atoms with Crippen LogP contribution in [-0.4, -0.2) is 61.0 Å². The predicted molar refractivity (Wildman–Crippen MR) is 102 cm³/mol. The maximum absolute atomic E-state index is 12.3. The van der Waals surface area contributed by atoms with E-state index >= 15 is 0 Å². The molecule has 1 saturated heterocycles. The van der Waals surface area contributed by atoms with Gasteiger partial charge in [0.25, 0.3) is 0 Å². The van der Waals surface area contributed by atoms with Crippen LogP contribution in [0.15, 0.2) is 17.5 Å². The van der Waals surface area contributed by atoms with Gasteiger partial charge in [-0.3, -0.25) is 9.69 Å². The van der Waals surface area contributed by atoms with Crippen molar-refractivity contribution >= 4 is 23.3 Å². The Morgan fingerprint density at radius 2 is 2.20 bits per heavy atom. The highest BCUT2D eigenvalue weighted by molar-refractivity contribution is 7.09. The highest BCUT2D eigenvalue weighted by Crippen LogP contribution is 2.20. The van der Waals surface area contributed by atoms with Crippen LogP contribution in [-0.2, 0) is 11.3 Å². The summed E-state index contributed by atoms with van der Waals surface area (Å²) in [6.07, 6.45) is 2.31. The Labute approximate surface area is 154 Å². The van der Waals surface area contributed by atoms with E-state index < -0.39 is 0 Å². The lowest BCUT2D eigenvalue weighted by Gasteiger charge is -2.33. The summed E-state index contributed by atoms with van der Waals surface area (Å²) < 4.78 is 0. The van der Waals surface area contributed by atoms with Crippen molar-refractivity contribution < 1.29 is 9.59 Å². The number of nitrogens with one attached hydrogen (secondary N) is 2. The third kappa shape index (κ3) is 6.66. The number of likely N-dealkylation sites (tertiary alicyclic amines) is 1. The zero-order chi connectivity index (χ0) is 18.1. The number of urea groups is 1. The lowest BCUT2D eigenvalue weighted by atomic mass is 9.98. The van der Waals surface area contributed by atoms with Gasteiger partial charge < -0.3 is 15.5 Å². The standard InChI is InChI=1S/C18H30N4O2S/c1-3-19-17(23)14-22(4-2)18(24)20-11-15-7-5-9-21(12-15)13-16-8-6-10-25-16/h6,8,10,15H,3-5,7,9,11-14H2,1-2H3,(H,19,23)(H,20,24)/t15-/m0/s1. The number of nitrogens with zero attached hydrogens (tertiary/aromatic N) is 2. The van der Waals surface area contributed by atoms with E-state index in [-0.39, 0.29) is 18.5 Å². The summed E-state index contributed by atoms with van der Waals surface area (Å²) in [7, 11) is 0. The van der Waals surface area contributed by atoms with Gasteiger partial charge in [-0.25, -0.2) is 4.79 Å². The Hall–Kier alpha value is -1.60. The lowest BCUT2D eigenvalue weighted by molar-refractivity contribution is -0.121. The summed E-state index contributed by atoms with van der Waals surface area (Å²) in [6, 6.07) is 4.12. The molecule has 1 atom stereocenters. The van der Waals surface area contributed by atoms with Crippen LogP contribution < -0.4 is 10.6 Å². The van der Waals surface area contributed by atoms with Crippen LogP contribution in [0, 0.1) is 5.92 Å². The van der Waals surface area contributed by atoms with Gasteiger partial charge in [0.2, 0.25) is 5.91 Å². The average molecular weight is 367 g/mol. The highest BCUT2D eigenvalue weighted by Gasteiger charge is 2.22. The third-order valence-electron chi connectivity index (χ3n) is 4.48. The van der Waals surface area contributed by atoms with Crippen LogP contribution in [0.5, 0.6) is 0 Å². The van der Waals surface area contributed by atoms with Crippen molar-refractivity contribution in [1.29, 1.82) is 0 Å². The molecule has 1 aliphatic rings. The number of rotatable bonds is 8. The van der Waals surface area contributed by atoms with Crippen LogP contribution in [0.1, 0.15) is 31.6 Å². The maximum atomic E-state index is 12.3. The van der Waals surface area contributed by atoms with Crippen molar-refractivity contribution in [3.8, 4) is 0 Å². The topological polar surface area (TPSA) is 64.7 Å². The van der Waals surface area contributed by atoms with Gasteiger partial charge in [-0.2, -0.15) is 0 Å². The lowest BCUT2D eigenvalue weighted by Crippen LogP contribution is -2.48. The molecule has 1 aromatic heterocycles. The molecule has 0 radical (unpaired) electrons. The van der Waals surface area contributed by atoms with Gasteiger partial charge in [0.1, 0.15) is 6.54 Å². The normalized spacial score (nSPS) is 17.9. The summed E-state index contributed by atoms with van der Waals surface area (Å²) in [5.74, 6) is 0.361. The molecule has 0 saturated carbocycles. The van der Waals surface area contributed by atoms with Crippen LogP contribution in [0.25, 0.3) is 0 Å². The average Bonchev–Trinajstić information content (AvgIpc) is 3.11. The molecule has 0 unspecified atom stereocenters.